The molecule has 1 rings (SSSR count). The Balaban J connectivity index is 2.24. The lowest BCUT2D eigenvalue weighted by molar-refractivity contribution is -0.121. The van der Waals surface area contributed by atoms with Gasteiger partial charge in [-0.3, -0.25) is 4.79 Å². The number of carbonyl (C=O) groups is 1. The van der Waals surface area contributed by atoms with Crippen molar-refractivity contribution in [1.29, 1.82) is 0 Å². The van der Waals surface area contributed by atoms with Crippen molar-refractivity contribution >= 4 is 5.91 Å². The smallest absolute Gasteiger partial charge is 0.221 e. The van der Waals surface area contributed by atoms with Crippen LogP contribution in [0.2, 0.25) is 0 Å². The van der Waals surface area contributed by atoms with E-state index < -0.39 is 0 Å². The van der Waals surface area contributed by atoms with E-state index in [9.17, 15) is 4.79 Å². The summed E-state index contributed by atoms with van der Waals surface area (Å²) in [7, 11) is 0. The van der Waals surface area contributed by atoms with Gasteiger partial charge in [0.25, 0.3) is 0 Å². The maximum atomic E-state index is 11.5. The Morgan fingerprint density at radius 1 is 1.53 bits per heavy atom. The molecule has 0 saturated carbocycles. The molecule has 2 N–H and O–H groups in total. The van der Waals surface area contributed by atoms with Crippen LogP contribution in [0.3, 0.4) is 0 Å². The summed E-state index contributed by atoms with van der Waals surface area (Å²) in [6.07, 6.45) is 2.15. The van der Waals surface area contributed by atoms with E-state index in [0.29, 0.717) is 25.6 Å². The third-order valence-electron chi connectivity index (χ3n) is 2.38. The average Bonchev–Trinajstić information content (AvgIpc) is 2.73. The van der Waals surface area contributed by atoms with Crippen LogP contribution >= 0.6 is 0 Å². The Morgan fingerprint density at radius 3 is 2.94 bits per heavy atom. The summed E-state index contributed by atoms with van der Waals surface area (Å²) in [6.45, 7) is 8.08. The summed E-state index contributed by atoms with van der Waals surface area (Å²) >= 11 is 0. The molecule has 0 bridgehead atoms. The van der Waals surface area contributed by atoms with Gasteiger partial charge in [-0.05, 0) is 6.92 Å². The zero-order chi connectivity index (χ0) is 12.7. The normalized spacial score (nSPS) is 10.8. The minimum Gasteiger partial charge on any atom is -0.349 e. The topological polar surface area (TPSA) is 71.8 Å². The van der Waals surface area contributed by atoms with Gasteiger partial charge in [0, 0.05) is 25.6 Å². The molecular formula is C11H21N5O. The van der Waals surface area contributed by atoms with Crippen LogP contribution in [0.4, 0.5) is 0 Å². The number of nitrogens with zero attached hydrogens (tertiary/aromatic N) is 3. The molecule has 1 amide bonds. The second-order valence-corrected chi connectivity index (χ2v) is 4.17. The third kappa shape index (κ3) is 4.95. The Hall–Kier alpha value is -1.43. The lowest BCUT2D eigenvalue weighted by Crippen LogP contribution is -2.30. The summed E-state index contributed by atoms with van der Waals surface area (Å²) < 4.78 is 1.91. The van der Waals surface area contributed by atoms with Gasteiger partial charge in [0.1, 0.15) is 6.33 Å². The number of hydrogen-bond donors (Lipinski definition) is 2. The van der Waals surface area contributed by atoms with Gasteiger partial charge in [-0.1, -0.05) is 13.8 Å². The van der Waals surface area contributed by atoms with Crippen molar-refractivity contribution in [2.45, 2.75) is 46.3 Å². The maximum absolute atomic E-state index is 11.5. The second-order valence-electron chi connectivity index (χ2n) is 4.17. The number of amides is 1. The van der Waals surface area contributed by atoms with Crippen LogP contribution in [0, 0.1) is 0 Å². The summed E-state index contributed by atoms with van der Waals surface area (Å²) in [5.74, 6) is 0.821. The molecule has 0 aromatic carbocycles. The highest BCUT2D eigenvalue weighted by atomic mass is 16.1. The van der Waals surface area contributed by atoms with Crippen LogP contribution in [0.1, 0.15) is 33.0 Å². The summed E-state index contributed by atoms with van der Waals surface area (Å²) in [6, 6.07) is 0.408. The van der Waals surface area contributed by atoms with Gasteiger partial charge in [-0.2, -0.15) is 0 Å². The maximum Gasteiger partial charge on any atom is 0.221 e. The molecule has 17 heavy (non-hydrogen) atoms. The molecule has 6 nitrogen and oxygen atoms in total. The first kappa shape index (κ1) is 13.6. The van der Waals surface area contributed by atoms with Crippen molar-refractivity contribution in [2.75, 3.05) is 6.54 Å². The van der Waals surface area contributed by atoms with Crippen molar-refractivity contribution in [3.8, 4) is 0 Å². The fourth-order valence-corrected chi connectivity index (χ4v) is 1.42. The minimum absolute atomic E-state index is 0.0313. The molecule has 0 fully saturated rings. The number of rotatable bonds is 7. The molecule has 0 radical (unpaired) electrons. The van der Waals surface area contributed by atoms with Gasteiger partial charge in [0.05, 0.1) is 6.54 Å². The molecular weight excluding hydrogens is 218 g/mol. The Bertz CT molecular complexity index is 347. The largest absolute Gasteiger partial charge is 0.349 e. The SMILES string of the molecule is CCn1cnnc1CNC(=O)CCNC(C)C. The molecule has 0 aliphatic heterocycles. The molecule has 0 saturated heterocycles. The van der Waals surface area contributed by atoms with Crippen LogP contribution in [-0.2, 0) is 17.9 Å². The van der Waals surface area contributed by atoms with Gasteiger partial charge < -0.3 is 15.2 Å². The van der Waals surface area contributed by atoms with Gasteiger partial charge >= 0.3 is 0 Å². The molecule has 0 aliphatic carbocycles. The van der Waals surface area contributed by atoms with Crippen molar-refractivity contribution in [2.24, 2.45) is 0 Å². The lowest BCUT2D eigenvalue weighted by atomic mass is 10.3. The van der Waals surface area contributed by atoms with Crippen LogP contribution in [0.15, 0.2) is 6.33 Å². The van der Waals surface area contributed by atoms with Crippen molar-refractivity contribution < 1.29 is 4.79 Å². The van der Waals surface area contributed by atoms with Crippen LogP contribution < -0.4 is 10.6 Å². The number of aryl methyl sites for hydroxylation is 1. The molecule has 1 aromatic heterocycles. The Morgan fingerprint density at radius 2 is 2.29 bits per heavy atom. The van der Waals surface area contributed by atoms with Crippen LogP contribution in [0.25, 0.3) is 0 Å². The Labute approximate surface area is 102 Å². The van der Waals surface area contributed by atoms with E-state index >= 15 is 0 Å². The highest BCUT2D eigenvalue weighted by molar-refractivity contribution is 5.75. The molecule has 6 heteroatoms. The van der Waals surface area contributed by atoms with Crippen molar-refractivity contribution in [3.63, 3.8) is 0 Å². The number of nitrogens with one attached hydrogen (secondary N) is 2. The zero-order valence-corrected chi connectivity index (χ0v) is 10.7. The van der Waals surface area contributed by atoms with E-state index in [1.807, 2.05) is 11.5 Å². The summed E-state index contributed by atoms with van der Waals surface area (Å²) in [5.41, 5.74) is 0. The van der Waals surface area contributed by atoms with E-state index in [0.717, 1.165) is 12.4 Å². The lowest BCUT2D eigenvalue weighted by Gasteiger charge is -2.08. The van der Waals surface area contributed by atoms with E-state index in [2.05, 4.69) is 34.7 Å². The van der Waals surface area contributed by atoms with E-state index in [-0.39, 0.29) is 5.91 Å². The van der Waals surface area contributed by atoms with E-state index in [1.54, 1.807) is 6.33 Å². The van der Waals surface area contributed by atoms with E-state index in [1.165, 1.54) is 0 Å². The number of aromatic nitrogens is 3. The fourth-order valence-electron chi connectivity index (χ4n) is 1.42. The van der Waals surface area contributed by atoms with Gasteiger partial charge in [-0.25, -0.2) is 0 Å². The van der Waals surface area contributed by atoms with Crippen LogP contribution in [0.5, 0.6) is 0 Å². The van der Waals surface area contributed by atoms with E-state index in [4.69, 9.17) is 0 Å². The summed E-state index contributed by atoms with van der Waals surface area (Å²) in [4.78, 5) is 11.5. The summed E-state index contributed by atoms with van der Waals surface area (Å²) in [5, 5.41) is 13.8. The Kier molecular flexibility index (Phi) is 5.62. The third-order valence-corrected chi connectivity index (χ3v) is 2.38. The highest BCUT2D eigenvalue weighted by Gasteiger charge is 2.05. The molecule has 0 aliphatic rings. The molecule has 96 valence electrons. The predicted molar refractivity (Wildman–Crippen MR) is 65.3 cm³/mol. The first-order valence-corrected chi connectivity index (χ1v) is 6.00. The average molecular weight is 239 g/mol. The van der Waals surface area contributed by atoms with Crippen LogP contribution in [-0.4, -0.2) is 33.3 Å². The minimum atomic E-state index is 0.0313. The quantitative estimate of drug-likeness (QED) is 0.718. The first-order chi connectivity index (χ1) is 8.13. The molecule has 1 aromatic rings. The number of carbonyl (C=O) groups excluding carboxylic acids is 1. The van der Waals surface area contributed by atoms with Gasteiger partial charge in [0.15, 0.2) is 5.82 Å². The molecule has 1 heterocycles. The monoisotopic (exact) mass is 239 g/mol. The molecule has 0 unspecified atom stereocenters. The van der Waals surface area contributed by atoms with Gasteiger partial charge in [-0.15, -0.1) is 10.2 Å². The fraction of sp³-hybridized carbons (Fsp3) is 0.727. The molecule has 0 spiro atoms. The number of hydrogen-bond acceptors (Lipinski definition) is 4. The zero-order valence-electron chi connectivity index (χ0n) is 10.7. The first-order valence-electron chi connectivity index (χ1n) is 6.00. The van der Waals surface area contributed by atoms with Crippen molar-refractivity contribution in [1.82, 2.24) is 25.4 Å². The van der Waals surface area contributed by atoms with Crippen molar-refractivity contribution in [3.05, 3.63) is 12.2 Å². The predicted octanol–water partition coefficient (Wildman–Crippen LogP) is 0.302. The van der Waals surface area contributed by atoms with Gasteiger partial charge in [0.2, 0.25) is 5.91 Å². The molecule has 0 atom stereocenters. The standard InChI is InChI=1S/C11H21N5O/c1-4-16-8-14-15-10(16)7-13-11(17)5-6-12-9(2)3/h8-9,12H,4-7H2,1-3H3,(H,13,17). The second kappa shape index (κ2) is 7.01. The highest BCUT2D eigenvalue weighted by Crippen LogP contribution is 1.94.